The number of carbonyl (C=O) groups is 2. The minimum absolute atomic E-state index is 0.0305. The van der Waals surface area contributed by atoms with Crippen LogP contribution in [0.25, 0.3) is 0 Å². The van der Waals surface area contributed by atoms with Gasteiger partial charge in [0.2, 0.25) is 0 Å². The first-order chi connectivity index (χ1) is 13.5. The smallest absolute Gasteiger partial charge is 0.322 e. The van der Waals surface area contributed by atoms with Crippen LogP contribution >= 0.6 is 0 Å². The number of carbonyl (C=O) groups excluding carboxylic acids is 2. The summed E-state index contributed by atoms with van der Waals surface area (Å²) in [5, 5.41) is 0. The molecule has 3 atom stereocenters. The number of hydrogen-bond donors (Lipinski definition) is 0. The average Bonchev–Trinajstić information content (AvgIpc) is 2.66. The molecule has 1 aliphatic rings. The fraction of sp³-hybridized carbons (Fsp3) is 0.455. The fourth-order valence-electron chi connectivity index (χ4n) is 2.66. The lowest BCUT2D eigenvalue weighted by Gasteiger charge is -2.26. The first kappa shape index (κ1) is 23.0. The summed E-state index contributed by atoms with van der Waals surface area (Å²) in [6.45, 7) is 7.54. The molecule has 0 radical (unpaired) electrons. The molecular weight excluding hydrogens is 392 g/mol. The van der Waals surface area contributed by atoms with E-state index in [4.69, 9.17) is 8.92 Å². The van der Waals surface area contributed by atoms with Gasteiger partial charge in [0.15, 0.2) is 0 Å². The van der Waals surface area contributed by atoms with Crippen LogP contribution in [0.1, 0.15) is 51.3 Å². The molecule has 6 nitrogen and oxygen atoms in total. The minimum Gasteiger partial charge on any atom is -0.457 e. The topological polar surface area (TPSA) is 86.7 Å². The molecule has 158 valence electrons. The molecule has 0 saturated carbocycles. The summed E-state index contributed by atoms with van der Waals surface area (Å²) in [6.07, 6.45) is 4.81. The van der Waals surface area contributed by atoms with Crippen LogP contribution in [-0.2, 0) is 28.6 Å². The normalized spacial score (nSPS) is 19.8. The second-order valence-electron chi connectivity index (χ2n) is 7.74. The predicted octanol–water partition coefficient (Wildman–Crippen LogP) is 4.02. The van der Waals surface area contributed by atoms with E-state index in [9.17, 15) is 18.0 Å². The third kappa shape index (κ3) is 5.64. The summed E-state index contributed by atoms with van der Waals surface area (Å²) in [7, 11) is -4.08. The van der Waals surface area contributed by atoms with E-state index in [2.05, 4.69) is 0 Å². The van der Waals surface area contributed by atoms with Crippen LogP contribution in [0.2, 0.25) is 0 Å². The summed E-state index contributed by atoms with van der Waals surface area (Å²) in [6, 6.07) is 7.46. The highest BCUT2D eigenvalue weighted by Crippen LogP contribution is 2.28. The minimum atomic E-state index is -4.08. The average molecular weight is 421 g/mol. The zero-order valence-electron chi connectivity index (χ0n) is 17.5. The number of aryl methyl sites for hydroxylation is 1. The number of ether oxygens (including phenoxy) is 1. The summed E-state index contributed by atoms with van der Waals surface area (Å²) in [5.41, 5.74) is 0.105. The second-order valence-corrected chi connectivity index (χ2v) is 9.36. The molecule has 0 fully saturated rings. The zero-order chi connectivity index (χ0) is 21.8. The van der Waals surface area contributed by atoms with Gasteiger partial charge in [-0.25, -0.2) is 0 Å². The molecule has 0 spiro atoms. The monoisotopic (exact) mass is 420 g/mol. The van der Waals surface area contributed by atoms with Crippen molar-refractivity contribution in [3.63, 3.8) is 0 Å². The van der Waals surface area contributed by atoms with E-state index in [0.717, 1.165) is 11.1 Å². The van der Waals surface area contributed by atoms with E-state index >= 15 is 0 Å². The van der Waals surface area contributed by atoms with Crippen LogP contribution in [0.5, 0.6) is 0 Å². The van der Waals surface area contributed by atoms with Gasteiger partial charge in [-0.1, -0.05) is 48.9 Å². The van der Waals surface area contributed by atoms with Crippen molar-refractivity contribution in [1.29, 1.82) is 0 Å². The Morgan fingerprint density at radius 1 is 1.24 bits per heavy atom. The Labute approximate surface area is 172 Å². The molecule has 0 aliphatic heterocycles. The highest BCUT2D eigenvalue weighted by atomic mass is 32.2. The van der Waals surface area contributed by atoms with Gasteiger partial charge in [0.25, 0.3) is 10.1 Å². The second kappa shape index (κ2) is 9.05. The van der Waals surface area contributed by atoms with Crippen molar-refractivity contribution in [3.8, 4) is 0 Å². The molecule has 1 aromatic carbocycles. The fourth-order valence-corrected chi connectivity index (χ4v) is 3.73. The molecule has 2 rings (SSSR count). The summed E-state index contributed by atoms with van der Waals surface area (Å²) < 4.78 is 35.5. The molecule has 0 amide bonds. The molecule has 1 aromatic rings. The Hall–Kier alpha value is -2.25. The van der Waals surface area contributed by atoms with Gasteiger partial charge < -0.3 is 4.74 Å². The Balaban J connectivity index is 2.11. The summed E-state index contributed by atoms with van der Waals surface area (Å²) in [5.74, 6) is -1.11. The number of allylic oxidation sites excluding steroid dienone is 3. The molecule has 0 saturated heterocycles. The molecule has 7 heteroatoms. The largest absolute Gasteiger partial charge is 0.457 e. The van der Waals surface area contributed by atoms with Gasteiger partial charge in [-0.15, -0.1) is 0 Å². The number of rotatable bonds is 8. The molecule has 0 N–H and O–H groups in total. The van der Waals surface area contributed by atoms with Gasteiger partial charge in [0, 0.05) is 0 Å². The number of ketones is 1. The Kier molecular flexibility index (Phi) is 7.19. The van der Waals surface area contributed by atoms with Crippen molar-refractivity contribution in [2.24, 2.45) is 11.3 Å². The van der Waals surface area contributed by atoms with E-state index in [1.807, 2.05) is 38.1 Å². The van der Waals surface area contributed by atoms with E-state index in [1.165, 1.54) is 19.9 Å². The van der Waals surface area contributed by atoms with E-state index < -0.39 is 40.0 Å². The maximum absolute atomic E-state index is 12.7. The van der Waals surface area contributed by atoms with E-state index in [0.29, 0.717) is 6.42 Å². The third-order valence-electron chi connectivity index (χ3n) is 5.13. The van der Waals surface area contributed by atoms with Crippen molar-refractivity contribution in [1.82, 2.24) is 0 Å². The van der Waals surface area contributed by atoms with Crippen LogP contribution in [-0.4, -0.2) is 26.8 Å². The van der Waals surface area contributed by atoms with Crippen molar-refractivity contribution in [3.05, 3.63) is 58.5 Å². The number of Topliss-reactive ketones (excluding diaryl/α,β-unsaturated/α-hetero) is 1. The van der Waals surface area contributed by atoms with Gasteiger partial charge in [-0.05, 0) is 51.7 Å². The lowest BCUT2D eigenvalue weighted by atomic mass is 9.87. The summed E-state index contributed by atoms with van der Waals surface area (Å²) >= 11 is 0. The molecule has 29 heavy (non-hydrogen) atoms. The van der Waals surface area contributed by atoms with Gasteiger partial charge in [-0.2, -0.15) is 8.42 Å². The van der Waals surface area contributed by atoms with Crippen molar-refractivity contribution >= 4 is 21.9 Å². The zero-order valence-corrected chi connectivity index (χ0v) is 18.3. The molecule has 0 heterocycles. The van der Waals surface area contributed by atoms with Crippen molar-refractivity contribution in [2.45, 2.75) is 47.1 Å². The SMILES string of the molecule is CC(=O)C(C)(COS(=O)(=O)C1=CCC(C)C=C1)C(=O)OC(C)c1ccc(C)cc1. The van der Waals surface area contributed by atoms with Crippen molar-refractivity contribution < 1.29 is 26.9 Å². The highest BCUT2D eigenvalue weighted by Gasteiger charge is 2.43. The van der Waals surface area contributed by atoms with Gasteiger partial charge in [0.05, 0.1) is 11.5 Å². The summed E-state index contributed by atoms with van der Waals surface area (Å²) in [4.78, 5) is 25.0. The van der Waals surface area contributed by atoms with Gasteiger partial charge >= 0.3 is 5.97 Å². The quantitative estimate of drug-likeness (QED) is 0.359. The number of esters is 1. The molecule has 3 unspecified atom stereocenters. The lowest BCUT2D eigenvalue weighted by Crippen LogP contribution is -2.41. The lowest BCUT2D eigenvalue weighted by molar-refractivity contribution is -0.165. The molecule has 0 aromatic heterocycles. The van der Waals surface area contributed by atoms with Crippen LogP contribution in [0.4, 0.5) is 0 Å². The van der Waals surface area contributed by atoms with E-state index in [-0.39, 0.29) is 10.8 Å². The molecule has 0 bridgehead atoms. The first-order valence-corrected chi connectivity index (χ1v) is 10.9. The molecule has 1 aliphatic carbocycles. The van der Waals surface area contributed by atoms with Crippen LogP contribution in [0.15, 0.2) is 47.4 Å². The van der Waals surface area contributed by atoms with Crippen LogP contribution in [0, 0.1) is 18.3 Å². The number of hydrogen-bond acceptors (Lipinski definition) is 6. The third-order valence-corrected chi connectivity index (χ3v) is 6.44. The number of benzene rings is 1. The maximum atomic E-state index is 12.7. The van der Waals surface area contributed by atoms with Crippen molar-refractivity contribution in [2.75, 3.05) is 6.61 Å². The highest BCUT2D eigenvalue weighted by molar-refractivity contribution is 7.90. The van der Waals surface area contributed by atoms with Crippen LogP contribution in [0.3, 0.4) is 0 Å². The molecular formula is C22H28O6S. The van der Waals surface area contributed by atoms with Gasteiger partial charge in [0.1, 0.15) is 17.3 Å². The first-order valence-electron chi connectivity index (χ1n) is 9.52. The maximum Gasteiger partial charge on any atom is 0.322 e. The standard InChI is InChI=1S/C22H28O6S/c1-15-6-10-19(11-7-15)17(3)28-21(24)22(5,18(4)23)14-27-29(25,26)20-12-8-16(2)9-13-20/h6-8,10-13,16-17H,9,14H2,1-5H3. The van der Waals surface area contributed by atoms with E-state index in [1.54, 1.807) is 19.1 Å². The Morgan fingerprint density at radius 2 is 1.86 bits per heavy atom. The Morgan fingerprint density at radius 3 is 2.38 bits per heavy atom. The predicted molar refractivity (Wildman–Crippen MR) is 110 cm³/mol. The van der Waals surface area contributed by atoms with Gasteiger partial charge in [-0.3, -0.25) is 13.8 Å². The Bertz CT molecular complexity index is 927. The van der Waals surface area contributed by atoms with Crippen LogP contribution < -0.4 is 0 Å².